The lowest BCUT2D eigenvalue weighted by Gasteiger charge is -2.22. The van der Waals surface area contributed by atoms with Crippen LogP contribution in [0, 0.1) is 5.41 Å². The van der Waals surface area contributed by atoms with Gasteiger partial charge < -0.3 is 15.2 Å². The largest absolute Gasteiger partial charge is 0.467 e. The molecule has 0 radical (unpaired) electrons. The van der Waals surface area contributed by atoms with Crippen molar-refractivity contribution in [1.29, 1.82) is 0 Å². The first-order chi connectivity index (χ1) is 8.30. The van der Waals surface area contributed by atoms with Crippen molar-refractivity contribution in [1.82, 2.24) is 15.0 Å². The molecule has 0 aliphatic rings. The fourth-order valence-corrected chi connectivity index (χ4v) is 1.64. The molecule has 6 nitrogen and oxygen atoms in total. The van der Waals surface area contributed by atoms with Gasteiger partial charge in [0.1, 0.15) is 0 Å². The number of hydrogen-bond acceptors (Lipinski definition) is 6. The van der Waals surface area contributed by atoms with E-state index >= 15 is 0 Å². The van der Waals surface area contributed by atoms with Gasteiger partial charge in [0.15, 0.2) is 0 Å². The monoisotopic (exact) mass is 274 g/mol. The molecule has 0 saturated heterocycles. The third-order valence-electron chi connectivity index (χ3n) is 2.11. The van der Waals surface area contributed by atoms with Crippen molar-refractivity contribution >= 4 is 17.5 Å². The molecule has 7 heteroatoms. The number of hydrogen-bond donors (Lipinski definition) is 2. The average Bonchev–Trinajstić information content (AvgIpc) is 2.23. The summed E-state index contributed by atoms with van der Waals surface area (Å²) in [5.41, 5.74) is 0.0650. The molecule has 0 aromatic carbocycles. The van der Waals surface area contributed by atoms with Crippen LogP contribution in [0.1, 0.15) is 27.2 Å². The molecular weight excluding hydrogens is 256 g/mol. The summed E-state index contributed by atoms with van der Waals surface area (Å²) >= 11 is 5.71. The summed E-state index contributed by atoms with van der Waals surface area (Å²) < 4.78 is 4.87. The minimum atomic E-state index is -0.480. The summed E-state index contributed by atoms with van der Waals surface area (Å²) in [5.74, 6) is 0.291. The maximum atomic E-state index is 9.84. The number of aromatic nitrogens is 3. The topological polar surface area (TPSA) is 80.2 Å². The molecule has 0 aliphatic carbocycles. The Labute approximate surface area is 112 Å². The highest BCUT2D eigenvalue weighted by atomic mass is 35.5. The minimum absolute atomic E-state index is 0.0506. The van der Waals surface area contributed by atoms with Gasteiger partial charge in [-0.1, -0.05) is 20.8 Å². The van der Waals surface area contributed by atoms with Crippen molar-refractivity contribution in [2.45, 2.75) is 33.3 Å². The Morgan fingerprint density at radius 1 is 1.33 bits per heavy atom. The van der Waals surface area contributed by atoms with Gasteiger partial charge in [0.05, 0.1) is 13.2 Å². The summed E-state index contributed by atoms with van der Waals surface area (Å²) in [5, 5.41) is 12.8. The number of rotatable bonds is 5. The number of halogens is 1. The number of ether oxygens (including phenoxy) is 1. The van der Waals surface area contributed by atoms with Crippen molar-refractivity contribution in [2.75, 3.05) is 19.0 Å². The predicted octanol–water partition coefficient (Wildman–Crippen LogP) is 1.74. The van der Waals surface area contributed by atoms with Crippen LogP contribution >= 0.6 is 11.6 Å². The van der Waals surface area contributed by atoms with E-state index < -0.39 is 6.10 Å². The van der Waals surface area contributed by atoms with E-state index in [1.807, 2.05) is 0 Å². The lowest BCUT2D eigenvalue weighted by atomic mass is 9.89. The summed E-state index contributed by atoms with van der Waals surface area (Å²) in [7, 11) is 1.45. The summed E-state index contributed by atoms with van der Waals surface area (Å²) in [4.78, 5) is 11.6. The van der Waals surface area contributed by atoms with Crippen LogP contribution in [0.5, 0.6) is 6.01 Å². The van der Waals surface area contributed by atoms with Crippen LogP contribution in [-0.2, 0) is 0 Å². The van der Waals surface area contributed by atoms with E-state index in [-0.39, 0.29) is 16.7 Å². The first kappa shape index (κ1) is 14.9. The van der Waals surface area contributed by atoms with Crippen molar-refractivity contribution < 1.29 is 9.84 Å². The van der Waals surface area contributed by atoms with Gasteiger partial charge >= 0.3 is 6.01 Å². The number of aliphatic hydroxyl groups excluding tert-OH is 1. The van der Waals surface area contributed by atoms with Gasteiger partial charge in [-0.25, -0.2) is 0 Å². The molecule has 1 aromatic rings. The molecule has 1 unspecified atom stereocenters. The lowest BCUT2D eigenvalue weighted by molar-refractivity contribution is 0.132. The third-order valence-corrected chi connectivity index (χ3v) is 2.28. The second-order valence-electron chi connectivity index (χ2n) is 5.21. The van der Waals surface area contributed by atoms with E-state index in [1.54, 1.807) is 0 Å². The van der Waals surface area contributed by atoms with Crippen LogP contribution in [0.3, 0.4) is 0 Å². The van der Waals surface area contributed by atoms with Crippen LogP contribution in [0.15, 0.2) is 0 Å². The average molecular weight is 275 g/mol. The summed E-state index contributed by atoms with van der Waals surface area (Å²) in [6, 6.07) is 0.141. The van der Waals surface area contributed by atoms with Crippen molar-refractivity contribution in [2.24, 2.45) is 5.41 Å². The molecule has 1 rings (SSSR count). The fraction of sp³-hybridized carbons (Fsp3) is 0.727. The number of nitrogens with one attached hydrogen (secondary N) is 1. The van der Waals surface area contributed by atoms with E-state index in [0.717, 1.165) is 0 Å². The zero-order chi connectivity index (χ0) is 13.8. The van der Waals surface area contributed by atoms with Gasteiger partial charge in [-0.15, -0.1) is 0 Å². The summed E-state index contributed by atoms with van der Waals surface area (Å²) in [6.45, 7) is 6.55. The van der Waals surface area contributed by atoms with E-state index in [2.05, 4.69) is 41.0 Å². The maximum absolute atomic E-state index is 9.84. The molecule has 18 heavy (non-hydrogen) atoms. The number of aliphatic hydroxyl groups is 1. The van der Waals surface area contributed by atoms with E-state index in [0.29, 0.717) is 18.9 Å². The highest BCUT2D eigenvalue weighted by Crippen LogP contribution is 2.20. The standard InChI is InChI=1S/C11H19ClN4O2/c1-11(2,3)5-7(17)6-13-9-14-8(12)15-10(16-9)18-4/h7,17H,5-6H2,1-4H3,(H,13,14,15,16). The number of anilines is 1. The molecule has 0 fully saturated rings. The van der Waals surface area contributed by atoms with E-state index in [4.69, 9.17) is 16.3 Å². The molecule has 0 bridgehead atoms. The lowest BCUT2D eigenvalue weighted by Crippen LogP contribution is -2.25. The van der Waals surface area contributed by atoms with E-state index in [9.17, 15) is 5.11 Å². The Balaban J connectivity index is 2.55. The minimum Gasteiger partial charge on any atom is -0.467 e. The summed E-state index contributed by atoms with van der Waals surface area (Å²) in [6.07, 6.45) is 0.196. The molecule has 1 heterocycles. The second kappa shape index (κ2) is 6.15. The van der Waals surface area contributed by atoms with Gasteiger partial charge in [0, 0.05) is 6.54 Å². The van der Waals surface area contributed by atoms with Crippen LogP contribution in [0.4, 0.5) is 5.95 Å². The number of methoxy groups -OCH3 is 1. The van der Waals surface area contributed by atoms with Crippen LogP contribution in [-0.4, -0.2) is 39.8 Å². The Morgan fingerprint density at radius 3 is 2.56 bits per heavy atom. The van der Waals surface area contributed by atoms with Gasteiger partial charge in [0.2, 0.25) is 11.2 Å². The SMILES string of the molecule is COc1nc(Cl)nc(NCC(O)CC(C)(C)C)n1. The predicted molar refractivity (Wildman–Crippen MR) is 70.0 cm³/mol. The molecule has 102 valence electrons. The van der Waals surface area contributed by atoms with Crippen LogP contribution in [0.25, 0.3) is 0 Å². The zero-order valence-corrected chi connectivity index (χ0v) is 11.8. The highest BCUT2D eigenvalue weighted by molar-refractivity contribution is 6.28. The fourth-order valence-electron chi connectivity index (χ4n) is 1.49. The Bertz CT molecular complexity index is 395. The molecule has 1 aromatic heterocycles. The quantitative estimate of drug-likeness (QED) is 0.851. The zero-order valence-electron chi connectivity index (χ0n) is 11.1. The van der Waals surface area contributed by atoms with Gasteiger partial charge in [0.25, 0.3) is 0 Å². The van der Waals surface area contributed by atoms with Crippen molar-refractivity contribution in [3.63, 3.8) is 0 Å². The molecule has 0 amide bonds. The molecule has 0 aliphatic heterocycles. The Morgan fingerprint density at radius 2 is 2.00 bits per heavy atom. The van der Waals surface area contributed by atoms with Crippen molar-refractivity contribution in [3.8, 4) is 6.01 Å². The molecule has 2 N–H and O–H groups in total. The Kier molecular flexibility index (Phi) is 5.10. The van der Waals surface area contributed by atoms with E-state index in [1.165, 1.54) is 7.11 Å². The number of nitrogens with zero attached hydrogens (tertiary/aromatic N) is 3. The molecule has 1 atom stereocenters. The van der Waals surface area contributed by atoms with Gasteiger partial charge in [-0.2, -0.15) is 15.0 Å². The Hall–Kier alpha value is -1.14. The molecule has 0 spiro atoms. The van der Waals surface area contributed by atoms with Gasteiger partial charge in [-0.3, -0.25) is 0 Å². The first-order valence-electron chi connectivity index (χ1n) is 5.67. The third kappa shape index (κ3) is 5.46. The normalized spacial score (nSPS) is 13.2. The smallest absolute Gasteiger partial charge is 0.322 e. The molecule has 0 saturated carbocycles. The van der Waals surface area contributed by atoms with Gasteiger partial charge in [-0.05, 0) is 23.4 Å². The first-order valence-corrected chi connectivity index (χ1v) is 6.05. The van der Waals surface area contributed by atoms with Crippen LogP contribution < -0.4 is 10.1 Å². The van der Waals surface area contributed by atoms with Crippen LogP contribution in [0.2, 0.25) is 5.28 Å². The van der Waals surface area contributed by atoms with Crippen molar-refractivity contribution in [3.05, 3.63) is 5.28 Å². The second-order valence-corrected chi connectivity index (χ2v) is 5.55. The highest BCUT2D eigenvalue weighted by Gasteiger charge is 2.17. The maximum Gasteiger partial charge on any atom is 0.322 e. The molecular formula is C11H19ClN4O2.